The van der Waals surface area contributed by atoms with E-state index in [1.807, 2.05) is 31.2 Å². The van der Waals surface area contributed by atoms with Gasteiger partial charge in [-0.2, -0.15) is 5.26 Å². The van der Waals surface area contributed by atoms with Crippen molar-refractivity contribution in [3.63, 3.8) is 0 Å². The highest BCUT2D eigenvalue weighted by Crippen LogP contribution is 2.17. The van der Waals surface area contributed by atoms with Gasteiger partial charge in [0.05, 0.1) is 17.1 Å². The third-order valence-corrected chi connectivity index (χ3v) is 3.22. The van der Waals surface area contributed by atoms with Gasteiger partial charge in [-0.3, -0.25) is 9.78 Å². The van der Waals surface area contributed by atoms with Crippen LogP contribution in [-0.4, -0.2) is 16.4 Å². The van der Waals surface area contributed by atoms with Gasteiger partial charge in [-0.05, 0) is 25.5 Å². The summed E-state index contributed by atoms with van der Waals surface area (Å²) in [6.45, 7) is 3.58. The van der Waals surface area contributed by atoms with Crippen LogP contribution < -0.4 is 5.32 Å². The number of nitrogens with zero attached hydrogens (tertiary/aromatic N) is 2. The third-order valence-electron chi connectivity index (χ3n) is 3.22. The van der Waals surface area contributed by atoms with Crippen molar-refractivity contribution in [2.75, 3.05) is 0 Å². The Morgan fingerprint density at radius 1 is 1.42 bits per heavy atom. The smallest absolute Gasteiger partial charge is 0.254 e. The van der Waals surface area contributed by atoms with Crippen molar-refractivity contribution in [1.29, 1.82) is 5.26 Å². The van der Waals surface area contributed by atoms with Crippen molar-refractivity contribution in [1.82, 2.24) is 10.3 Å². The first-order chi connectivity index (χ1) is 9.09. The third kappa shape index (κ3) is 2.55. The number of pyridine rings is 1. The first-order valence-corrected chi connectivity index (χ1v) is 6.17. The molecule has 1 N–H and O–H groups in total. The molecule has 0 radical (unpaired) electrons. The van der Waals surface area contributed by atoms with Gasteiger partial charge in [0.15, 0.2) is 0 Å². The fraction of sp³-hybridized carbons (Fsp3) is 0.267. The molecular weight excluding hydrogens is 238 g/mol. The summed E-state index contributed by atoms with van der Waals surface area (Å²) in [5.41, 5.74) is 0.292. The first-order valence-electron chi connectivity index (χ1n) is 6.17. The number of carbonyl (C=O) groups is 1. The van der Waals surface area contributed by atoms with Crippen LogP contribution in [-0.2, 0) is 0 Å². The number of hydrogen-bond donors (Lipinski definition) is 1. The molecule has 0 aliphatic heterocycles. The van der Waals surface area contributed by atoms with E-state index in [2.05, 4.69) is 16.4 Å². The molecule has 19 heavy (non-hydrogen) atoms. The van der Waals surface area contributed by atoms with E-state index in [9.17, 15) is 4.79 Å². The molecule has 1 aromatic carbocycles. The van der Waals surface area contributed by atoms with Gasteiger partial charge in [-0.1, -0.05) is 25.1 Å². The zero-order chi connectivity index (χ0) is 13.9. The van der Waals surface area contributed by atoms with Gasteiger partial charge in [0.25, 0.3) is 5.91 Å². The zero-order valence-electron chi connectivity index (χ0n) is 11.0. The molecule has 1 heterocycles. The molecule has 0 saturated carbocycles. The van der Waals surface area contributed by atoms with Crippen molar-refractivity contribution in [2.45, 2.75) is 25.8 Å². The summed E-state index contributed by atoms with van der Waals surface area (Å²) in [6.07, 6.45) is 2.20. The predicted molar refractivity (Wildman–Crippen MR) is 73.5 cm³/mol. The number of aromatic nitrogens is 1. The molecule has 1 aromatic heterocycles. The van der Waals surface area contributed by atoms with Gasteiger partial charge in [-0.25, -0.2) is 0 Å². The SMILES string of the molecule is CCC(C)(C#N)NC(=O)c1cccc2cccnc12. The van der Waals surface area contributed by atoms with Gasteiger partial charge in [0, 0.05) is 11.6 Å². The number of amides is 1. The van der Waals surface area contributed by atoms with E-state index in [0.717, 1.165) is 5.39 Å². The minimum atomic E-state index is -0.853. The van der Waals surface area contributed by atoms with E-state index < -0.39 is 5.54 Å². The molecule has 0 saturated heterocycles. The van der Waals surface area contributed by atoms with Crippen LogP contribution in [0.5, 0.6) is 0 Å². The summed E-state index contributed by atoms with van der Waals surface area (Å²) >= 11 is 0. The summed E-state index contributed by atoms with van der Waals surface area (Å²) in [7, 11) is 0. The van der Waals surface area contributed by atoms with Crippen LogP contribution in [0.25, 0.3) is 10.9 Å². The minimum absolute atomic E-state index is 0.268. The summed E-state index contributed by atoms with van der Waals surface area (Å²) in [5, 5.41) is 12.8. The molecule has 96 valence electrons. The van der Waals surface area contributed by atoms with E-state index in [1.165, 1.54) is 0 Å². The molecule has 2 rings (SSSR count). The Kier molecular flexibility index (Phi) is 3.48. The van der Waals surface area contributed by atoms with Gasteiger partial charge in [0.2, 0.25) is 0 Å². The molecule has 2 aromatic rings. The van der Waals surface area contributed by atoms with Crippen molar-refractivity contribution in [3.8, 4) is 6.07 Å². The van der Waals surface area contributed by atoms with Crippen LogP contribution in [0.1, 0.15) is 30.6 Å². The Hall–Kier alpha value is -2.41. The van der Waals surface area contributed by atoms with E-state index in [-0.39, 0.29) is 5.91 Å². The highest BCUT2D eigenvalue weighted by Gasteiger charge is 2.25. The highest BCUT2D eigenvalue weighted by atomic mass is 16.1. The van der Waals surface area contributed by atoms with Gasteiger partial charge < -0.3 is 5.32 Å². The molecule has 0 aliphatic carbocycles. The quantitative estimate of drug-likeness (QED) is 0.914. The molecule has 1 atom stereocenters. The number of nitriles is 1. The second-order valence-electron chi connectivity index (χ2n) is 4.63. The van der Waals surface area contributed by atoms with Crippen molar-refractivity contribution in [2.24, 2.45) is 0 Å². The molecule has 0 fully saturated rings. The summed E-state index contributed by atoms with van der Waals surface area (Å²) in [4.78, 5) is 16.5. The van der Waals surface area contributed by atoms with Crippen LogP contribution in [0.15, 0.2) is 36.5 Å². The van der Waals surface area contributed by atoms with Crippen molar-refractivity contribution in [3.05, 3.63) is 42.1 Å². The lowest BCUT2D eigenvalue weighted by atomic mass is 10.00. The van der Waals surface area contributed by atoms with Crippen LogP contribution in [0.3, 0.4) is 0 Å². The lowest BCUT2D eigenvalue weighted by Crippen LogP contribution is -2.44. The molecule has 1 unspecified atom stereocenters. The monoisotopic (exact) mass is 253 g/mol. The Balaban J connectivity index is 2.40. The molecular formula is C15H15N3O. The first kappa shape index (κ1) is 13.0. The number of rotatable bonds is 3. The summed E-state index contributed by atoms with van der Waals surface area (Å²) < 4.78 is 0. The molecule has 1 amide bonds. The number of benzene rings is 1. The van der Waals surface area contributed by atoms with Gasteiger partial charge in [0.1, 0.15) is 5.54 Å². The summed E-state index contributed by atoms with van der Waals surface area (Å²) in [5.74, 6) is -0.268. The molecule has 4 nitrogen and oxygen atoms in total. The Morgan fingerprint density at radius 2 is 2.16 bits per heavy atom. The van der Waals surface area contributed by atoms with Crippen LogP contribution in [0, 0.1) is 11.3 Å². The van der Waals surface area contributed by atoms with Crippen LogP contribution in [0.2, 0.25) is 0 Å². The van der Waals surface area contributed by atoms with E-state index in [0.29, 0.717) is 17.5 Å². The summed E-state index contributed by atoms with van der Waals surface area (Å²) in [6, 6.07) is 11.3. The maximum absolute atomic E-state index is 12.3. The van der Waals surface area contributed by atoms with Crippen molar-refractivity contribution < 1.29 is 4.79 Å². The predicted octanol–water partition coefficient (Wildman–Crippen LogP) is 2.66. The number of para-hydroxylation sites is 1. The second-order valence-corrected chi connectivity index (χ2v) is 4.63. The normalized spacial score (nSPS) is 13.5. The number of hydrogen-bond acceptors (Lipinski definition) is 3. The number of carbonyl (C=O) groups excluding carboxylic acids is 1. The molecule has 4 heteroatoms. The standard InChI is InChI=1S/C15H15N3O/c1-3-15(2,10-16)18-14(19)12-8-4-6-11-7-5-9-17-13(11)12/h4-9H,3H2,1-2H3,(H,18,19). The Labute approximate surface area is 112 Å². The maximum Gasteiger partial charge on any atom is 0.254 e. The fourth-order valence-electron chi connectivity index (χ4n) is 1.80. The van der Waals surface area contributed by atoms with Crippen molar-refractivity contribution >= 4 is 16.8 Å². The second kappa shape index (κ2) is 5.07. The number of fused-ring (bicyclic) bond motifs is 1. The lowest BCUT2D eigenvalue weighted by molar-refractivity contribution is 0.0924. The molecule has 0 spiro atoms. The largest absolute Gasteiger partial charge is 0.334 e. The maximum atomic E-state index is 12.3. The van der Waals surface area contributed by atoms with Gasteiger partial charge in [-0.15, -0.1) is 0 Å². The van der Waals surface area contributed by atoms with E-state index in [4.69, 9.17) is 5.26 Å². The average Bonchev–Trinajstić information content (AvgIpc) is 2.46. The van der Waals surface area contributed by atoms with Gasteiger partial charge >= 0.3 is 0 Å². The molecule has 0 aliphatic rings. The molecule has 0 bridgehead atoms. The van der Waals surface area contributed by atoms with Crippen LogP contribution in [0.4, 0.5) is 0 Å². The fourth-order valence-corrected chi connectivity index (χ4v) is 1.80. The van der Waals surface area contributed by atoms with Crippen LogP contribution >= 0.6 is 0 Å². The topological polar surface area (TPSA) is 65.8 Å². The lowest BCUT2D eigenvalue weighted by Gasteiger charge is -2.21. The minimum Gasteiger partial charge on any atom is -0.334 e. The number of nitrogens with one attached hydrogen (secondary N) is 1. The Bertz CT molecular complexity index is 654. The van der Waals surface area contributed by atoms with E-state index >= 15 is 0 Å². The zero-order valence-corrected chi connectivity index (χ0v) is 11.0. The highest BCUT2D eigenvalue weighted by molar-refractivity contribution is 6.05. The average molecular weight is 253 g/mol. The van der Waals surface area contributed by atoms with E-state index in [1.54, 1.807) is 19.2 Å². The Morgan fingerprint density at radius 3 is 2.84 bits per heavy atom.